The maximum Gasteiger partial charge on any atom is 0.151 e. The monoisotopic (exact) mass is 301 g/mol. The summed E-state index contributed by atoms with van der Waals surface area (Å²) in [7, 11) is -2.91. The van der Waals surface area contributed by atoms with Crippen LogP contribution in [0.25, 0.3) is 0 Å². The molecule has 0 amide bonds. The molecule has 0 unspecified atom stereocenters. The summed E-state index contributed by atoms with van der Waals surface area (Å²) in [5.74, 6) is 1.04. The quantitative estimate of drug-likeness (QED) is 0.665. The summed E-state index contributed by atoms with van der Waals surface area (Å²) in [4.78, 5) is 0. The second-order valence-corrected chi connectivity index (χ2v) is 8.02. The fourth-order valence-corrected chi connectivity index (χ4v) is 2.60. The Bertz CT molecular complexity index is 480. The zero-order chi connectivity index (χ0) is 15.0. The van der Waals surface area contributed by atoms with Crippen LogP contribution in [-0.2, 0) is 22.8 Å². The van der Waals surface area contributed by atoms with Crippen LogP contribution < -0.4 is 5.32 Å². The number of nitrogens with zero attached hydrogens (tertiary/aromatic N) is 2. The molecule has 0 aromatic carbocycles. The standard InChI is InChI=1S/C14H27N3O2S/c1-4-20(18,19)9-8-17-12-14(11-16-17)6-5-7-15-10-13(2)3/h11-13,15H,4-10H2,1-3H3. The van der Waals surface area contributed by atoms with Crippen molar-refractivity contribution in [2.45, 2.75) is 40.2 Å². The topological polar surface area (TPSA) is 64.0 Å². The van der Waals surface area contributed by atoms with Crippen LogP contribution in [0.2, 0.25) is 0 Å². The van der Waals surface area contributed by atoms with Gasteiger partial charge in [0.1, 0.15) is 0 Å². The van der Waals surface area contributed by atoms with Gasteiger partial charge in [-0.15, -0.1) is 0 Å². The zero-order valence-corrected chi connectivity index (χ0v) is 13.6. The van der Waals surface area contributed by atoms with E-state index in [1.165, 1.54) is 5.56 Å². The van der Waals surface area contributed by atoms with E-state index in [9.17, 15) is 8.42 Å². The van der Waals surface area contributed by atoms with E-state index in [0.29, 0.717) is 12.5 Å². The molecule has 1 rings (SSSR count). The number of nitrogens with one attached hydrogen (secondary N) is 1. The molecule has 6 heteroatoms. The van der Waals surface area contributed by atoms with Crippen molar-refractivity contribution in [3.8, 4) is 0 Å². The van der Waals surface area contributed by atoms with Crippen LogP contribution in [-0.4, -0.2) is 42.8 Å². The first-order valence-electron chi connectivity index (χ1n) is 7.35. The summed E-state index contributed by atoms with van der Waals surface area (Å²) >= 11 is 0. The van der Waals surface area contributed by atoms with Crippen molar-refractivity contribution in [3.05, 3.63) is 18.0 Å². The lowest BCUT2D eigenvalue weighted by Gasteiger charge is -2.06. The Balaban J connectivity index is 2.26. The number of aryl methyl sites for hydroxylation is 2. The molecule has 20 heavy (non-hydrogen) atoms. The first-order chi connectivity index (χ1) is 9.43. The van der Waals surface area contributed by atoms with E-state index >= 15 is 0 Å². The van der Waals surface area contributed by atoms with Gasteiger partial charge < -0.3 is 5.32 Å². The van der Waals surface area contributed by atoms with Gasteiger partial charge in [0.05, 0.1) is 18.5 Å². The molecule has 0 bridgehead atoms. The van der Waals surface area contributed by atoms with Crippen molar-refractivity contribution >= 4 is 9.84 Å². The maximum atomic E-state index is 11.4. The third-order valence-electron chi connectivity index (χ3n) is 3.13. The van der Waals surface area contributed by atoms with Crippen molar-refractivity contribution in [2.75, 3.05) is 24.6 Å². The van der Waals surface area contributed by atoms with Crippen molar-refractivity contribution in [2.24, 2.45) is 5.92 Å². The highest BCUT2D eigenvalue weighted by molar-refractivity contribution is 7.91. The Kier molecular flexibility index (Phi) is 7.23. The molecule has 1 N–H and O–H groups in total. The molecule has 0 radical (unpaired) electrons. The van der Waals surface area contributed by atoms with Crippen molar-refractivity contribution in [1.29, 1.82) is 0 Å². The number of aromatic nitrogens is 2. The molecule has 0 aliphatic heterocycles. The van der Waals surface area contributed by atoms with E-state index in [1.54, 1.807) is 11.6 Å². The summed E-state index contributed by atoms with van der Waals surface area (Å²) < 4.78 is 24.6. The Labute approximate surface area is 122 Å². The van der Waals surface area contributed by atoms with Gasteiger partial charge >= 0.3 is 0 Å². The third kappa shape index (κ3) is 7.05. The smallest absolute Gasteiger partial charge is 0.151 e. The summed E-state index contributed by atoms with van der Waals surface area (Å²) in [5, 5.41) is 7.62. The SMILES string of the molecule is CCS(=O)(=O)CCn1cc(CCCNCC(C)C)cn1. The highest BCUT2D eigenvalue weighted by Gasteiger charge is 2.08. The molecule has 0 spiro atoms. The lowest BCUT2D eigenvalue weighted by atomic mass is 10.2. The Morgan fingerprint density at radius 3 is 2.80 bits per heavy atom. The molecule has 0 aliphatic carbocycles. The van der Waals surface area contributed by atoms with Crippen molar-refractivity contribution in [3.63, 3.8) is 0 Å². The van der Waals surface area contributed by atoms with E-state index in [-0.39, 0.29) is 11.5 Å². The minimum absolute atomic E-state index is 0.167. The molecule has 1 aromatic rings. The molecule has 0 fully saturated rings. The molecule has 0 aliphatic rings. The van der Waals surface area contributed by atoms with Gasteiger partial charge in [0.15, 0.2) is 9.84 Å². The van der Waals surface area contributed by atoms with Gasteiger partial charge in [-0.25, -0.2) is 8.42 Å². The van der Waals surface area contributed by atoms with Crippen LogP contribution in [0.5, 0.6) is 0 Å². The largest absolute Gasteiger partial charge is 0.316 e. The number of sulfone groups is 1. The summed E-state index contributed by atoms with van der Waals surface area (Å²) in [6.07, 6.45) is 5.84. The van der Waals surface area contributed by atoms with Gasteiger partial charge in [0, 0.05) is 11.9 Å². The van der Waals surface area contributed by atoms with Crippen LogP contribution in [0.3, 0.4) is 0 Å². The predicted molar refractivity (Wildman–Crippen MR) is 82.6 cm³/mol. The first-order valence-corrected chi connectivity index (χ1v) is 9.17. The second kappa shape index (κ2) is 8.42. The number of rotatable bonds is 10. The minimum Gasteiger partial charge on any atom is -0.316 e. The fourth-order valence-electron chi connectivity index (χ4n) is 1.84. The summed E-state index contributed by atoms with van der Waals surface area (Å²) in [6, 6.07) is 0. The minimum atomic E-state index is -2.91. The van der Waals surface area contributed by atoms with Gasteiger partial charge in [-0.1, -0.05) is 20.8 Å². The number of hydrogen-bond acceptors (Lipinski definition) is 4. The average Bonchev–Trinajstić information content (AvgIpc) is 2.84. The molecule has 5 nitrogen and oxygen atoms in total. The molecule has 0 atom stereocenters. The van der Waals surface area contributed by atoms with E-state index in [4.69, 9.17) is 0 Å². The third-order valence-corrected chi connectivity index (χ3v) is 4.81. The van der Waals surface area contributed by atoms with E-state index in [1.807, 2.05) is 12.4 Å². The molecule has 0 saturated carbocycles. The Morgan fingerprint density at radius 1 is 1.40 bits per heavy atom. The van der Waals surface area contributed by atoms with Crippen LogP contribution in [0.15, 0.2) is 12.4 Å². The molecule has 1 aromatic heterocycles. The summed E-state index contributed by atoms with van der Waals surface area (Å²) in [5.41, 5.74) is 1.17. The van der Waals surface area contributed by atoms with Crippen LogP contribution in [0.4, 0.5) is 0 Å². The first kappa shape index (κ1) is 17.2. The molecular formula is C14H27N3O2S. The average molecular weight is 301 g/mol. The Morgan fingerprint density at radius 2 is 2.15 bits per heavy atom. The summed E-state index contributed by atoms with van der Waals surface area (Å²) in [6.45, 7) is 8.57. The fraction of sp³-hybridized carbons (Fsp3) is 0.786. The highest BCUT2D eigenvalue weighted by atomic mass is 32.2. The van der Waals surface area contributed by atoms with Gasteiger partial charge in [-0.05, 0) is 37.4 Å². The Hall–Kier alpha value is -0.880. The highest BCUT2D eigenvalue weighted by Crippen LogP contribution is 2.02. The predicted octanol–water partition coefficient (Wildman–Crippen LogP) is 1.50. The van der Waals surface area contributed by atoms with Gasteiger partial charge in [0.2, 0.25) is 0 Å². The van der Waals surface area contributed by atoms with Gasteiger partial charge in [-0.2, -0.15) is 5.10 Å². The molecular weight excluding hydrogens is 274 g/mol. The maximum absolute atomic E-state index is 11.4. The molecule has 1 heterocycles. The second-order valence-electron chi connectivity index (χ2n) is 5.55. The van der Waals surface area contributed by atoms with Crippen LogP contribution in [0, 0.1) is 5.92 Å². The molecule has 0 saturated heterocycles. The lowest BCUT2D eigenvalue weighted by Crippen LogP contribution is -2.21. The zero-order valence-electron chi connectivity index (χ0n) is 12.8. The van der Waals surface area contributed by atoms with Crippen LogP contribution >= 0.6 is 0 Å². The van der Waals surface area contributed by atoms with Gasteiger partial charge in [-0.3, -0.25) is 4.68 Å². The van der Waals surface area contributed by atoms with Crippen LogP contribution in [0.1, 0.15) is 32.8 Å². The van der Waals surface area contributed by atoms with E-state index < -0.39 is 9.84 Å². The lowest BCUT2D eigenvalue weighted by molar-refractivity contribution is 0.543. The van der Waals surface area contributed by atoms with E-state index in [0.717, 1.165) is 25.9 Å². The normalized spacial score (nSPS) is 12.2. The van der Waals surface area contributed by atoms with Crippen molar-refractivity contribution < 1.29 is 8.42 Å². The van der Waals surface area contributed by atoms with E-state index in [2.05, 4.69) is 24.3 Å². The van der Waals surface area contributed by atoms with Crippen molar-refractivity contribution in [1.82, 2.24) is 15.1 Å². The van der Waals surface area contributed by atoms with Gasteiger partial charge in [0.25, 0.3) is 0 Å². The number of hydrogen-bond donors (Lipinski definition) is 1. The molecule has 116 valence electrons.